The van der Waals surface area contributed by atoms with Gasteiger partial charge in [0.25, 0.3) is 5.91 Å². The van der Waals surface area contributed by atoms with E-state index < -0.39 is 5.97 Å². The SMILES string of the molecule is O=C(O)c1ccc(C2CCCN(C(=O)c3ccccc3-n3cccn3)C2)cc1. The molecular weight excluding hydrogens is 354 g/mol. The van der Waals surface area contributed by atoms with E-state index in [0.717, 1.165) is 30.6 Å². The number of carboxylic acid groups (broad SMARTS) is 1. The molecule has 142 valence electrons. The molecule has 3 aromatic rings. The molecule has 1 amide bonds. The molecule has 6 heteroatoms. The van der Waals surface area contributed by atoms with E-state index in [1.165, 1.54) is 0 Å². The predicted molar refractivity (Wildman–Crippen MR) is 105 cm³/mol. The molecule has 1 fully saturated rings. The molecule has 2 heterocycles. The van der Waals surface area contributed by atoms with E-state index >= 15 is 0 Å². The van der Waals surface area contributed by atoms with Gasteiger partial charge in [0, 0.05) is 31.4 Å². The monoisotopic (exact) mass is 375 g/mol. The zero-order valence-electron chi connectivity index (χ0n) is 15.4. The highest BCUT2D eigenvalue weighted by atomic mass is 16.4. The van der Waals surface area contributed by atoms with Crippen molar-refractivity contribution in [3.05, 3.63) is 83.7 Å². The number of piperidine rings is 1. The molecule has 6 nitrogen and oxygen atoms in total. The highest BCUT2D eigenvalue weighted by Gasteiger charge is 2.27. The van der Waals surface area contributed by atoms with Crippen LogP contribution >= 0.6 is 0 Å². The van der Waals surface area contributed by atoms with Gasteiger partial charge in [-0.2, -0.15) is 5.10 Å². The second kappa shape index (κ2) is 7.68. The number of para-hydroxylation sites is 1. The number of likely N-dealkylation sites (tertiary alicyclic amines) is 1. The highest BCUT2D eigenvalue weighted by molar-refractivity contribution is 5.97. The summed E-state index contributed by atoms with van der Waals surface area (Å²) in [7, 11) is 0. The number of amides is 1. The molecule has 1 atom stereocenters. The van der Waals surface area contributed by atoms with Gasteiger partial charge >= 0.3 is 5.97 Å². The van der Waals surface area contributed by atoms with E-state index in [9.17, 15) is 9.59 Å². The third-order valence-corrected chi connectivity index (χ3v) is 5.22. The number of carboxylic acids is 1. The summed E-state index contributed by atoms with van der Waals surface area (Å²) in [4.78, 5) is 26.2. The average Bonchev–Trinajstić information content (AvgIpc) is 3.28. The van der Waals surface area contributed by atoms with Crippen LogP contribution in [-0.4, -0.2) is 44.8 Å². The third-order valence-electron chi connectivity index (χ3n) is 5.22. The van der Waals surface area contributed by atoms with Crippen LogP contribution in [-0.2, 0) is 0 Å². The zero-order valence-corrected chi connectivity index (χ0v) is 15.4. The third kappa shape index (κ3) is 3.53. The Hall–Kier alpha value is -3.41. The largest absolute Gasteiger partial charge is 0.478 e. The molecule has 1 unspecified atom stereocenters. The van der Waals surface area contributed by atoms with Crippen molar-refractivity contribution in [3.63, 3.8) is 0 Å². The number of hydrogen-bond acceptors (Lipinski definition) is 3. The molecule has 1 aliphatic rings. The van der Waals surface area contributed by atoms with Gasteiger partial charge in [-0.1, -0.05) is 24.3 Å². The molecule has 28 heavy (non-hydrogen) atoms. The van der Waals surface area contributed by atoms with E-state index in [0.29, 0.717) is 12.1 Å². The maximum Gasteiger partial charge on any atom is 0.335 e. The van der Waals surface area contributed by atoms with Gasteiger partial charge in [0.05, 0.1) is 16.8 Å². The topological polar surface area (TPSA) is 75.4 Å². The first-order valence-corrected chi connectivity index (χ1v) is 9.35. The Kier molecular flexibility index (Phi) is 4.93. The van der Waals surface area contributed by atoms with Gasteiger partial charge in [0.15, 0.2) is 0 Å². The minimum atomic E-state index is -0.928. The van der Waals surface area contributed by atoms with Crippen molar-refractivity contribution < 1.29 is 14.7 Å². The summed E-state index contributed by atoms with van der Waals surface area (Å²) in [6, 6.07) is 16.3. The fraction of sp³-hybridized carbons (Fsp3) is 0.227. The van der Waals surface area contributed by atoms with Crippen molar-refractivity contribution in [3.8, 4) is 5.69 Å². The van der Waals surface area contributed by atoms with Gasteiger partial charge in [-0.15, -0.1) is 0 Å². The number of carbonyl (C=O) groups excluding carboxylic acids is 1. The molecule has 1 N–H and O–H groups in total. The Morgan fingerprint density at radius 3 is 2.54 bits per heavy atom. The number of aromatic nitrogens is 2. The summed E-state index contributed by atoms with van der Waals surface area (Å²) in [5.41, 5.74) is 2.75. The van der Waals surface area contributed by atoms with Crippen LogP contribution in [0.3, 0.4) is 0 Å². The van der Waals surface area contributed by atoms with Crippen LogP contribution in [0.2, 0.25) is 0 Å². The Bertz CT molecular complexity index is 981. The first-order valence-electron chi connectivity index (χ1n) is 9.35. The summed E-state index contributed by atoms with van der Waals surface area (Å²) < 4.78 is 1.71. The van der Waals surface area contributed by atoms with E-state index in [2.05, 4.69) is 5.10 Å². The minimum Gasteiger partial charge on any atom is -0.478 e. The van der Waals surface area contributed by atoms with Crippen LogP contribution in [0, 0.1) is 0 Å². The fourth-order valence-corrected chi connectivity index (χ4v) is 3.77. The summed E-state index contributed by atoms with van der Waals surface area (Å²) in [5, 5.41) is 13.3. The standard InChI is InChI=1S/C22H21N3O3/c26-21(19-6-1-2-7-20(19)25-14-4-12-23-25)24-13-3-5-18(15-24)16-8-10-17(11-9-16)22(27)28/h1-2,4,6-12,14,18H,3,5,13,15H2,(H,27,28). The van der Waals surface area contributed by atoms with E-state index in [1.54, 1.807) is 23.0 Å². The quantitative estimate of drug-likeness (QED) is 0.756. The van der Waals surface area contributed by atoms with Gasteiger partial charge < -0.3 is 10.0 Å². The molecule has 1 aliphatic heterocycles. The number of benzene rings is 2. The van der Waals surface area contributed by atoms with Gasteiger partial charge in [0.1, 0.15) is 0 Å². The average molecular weight is 375 g/mol. The molecule has 0 spiro atoms. The second-order valence-corrected chi connectivity index (χ2v) is 6.99. The molecule has 0 saturated carbocycles. The van der Waals surface area contributed by atoms with Crippen molar-refractivity contribution in [1.29, 1.82) is 0 Å². The molecule has 0 aliphatic carbocycles. The number of rotatable bonds is 4. The van der Waals surface area contributed by atoms with Gasteiger partial charge in [0.2, 0.25) is 0 Å². The molecule has 1 saturated heterocycles. The molecule has 1 aromatic heterocycles. The Balaban J connectivity index is 1.55. The predicted octanol–water partition coefficient (Wildman–Crippen LogP) is 3.59. The lowest BCUT2D eigenvalue weighted by Gasteiger charge is -2.33. The summed E-state index contributed by atoms with van der Waals surface area (Å²) >= 11 is 0. The van der Waals surface area contributed by atoms with Crippen LogP contribution in [0.25, 0.3) is 5.69 Å². The number of aromatic carboxylic acids is 1. The summed E-state index contributed by atoms with van der Waals surface area (Å²) in [5.74, 6) is -0.724. The van der Waals surface area contributed by atoms with Crippen molar-refractivity contribution in [1.82, 2.24) is 14.7 Å². The Morgan fingerprint density at radius 1 is 1.04 bits per heavy atom. The maximum absolute atomic E-state index is 13.2. The summed E-state index contributed by atoms with van der Waals surface area (Å²) in [6.45, 7) is 1.34. The van der Waals surface area contributed by atoms with Gasteiger partial charge in [-0.25, -0.2) is 9.48 Å². The Labute approximate surface area is 163 Å². The smallest absolute Gasteiger partial charge is 0.335 e. The number of nitrogens with zero attached hydrogens (tertiary/aromatic N) is 3. The fourth-order valence-electron chi connectivity index (χ4n) is 3.77. The maximum atomic E-state index is 13.2. The minimum absolute atomic E-state index is 0.00189. The second-order valence-electron chi connectivity index (χ2n) is 6.99. The summed E-state index contributed by atoms with van der Waals surface area (Å²) in [6.07, 6.45) is 5.42. The molecule has 0 bridgehead atoms. The normalized spacial score (nSPS) is 16.7. The van der Waals surface area contributed by atoms with Crippen LogP contribution < -0.4 is 0 Å². The number of carbonyl (C=O) groups is 2. The van der Waals surface area contributed by atoms with Crippen molar-refractivity contribution in [2.24, 2.45) is 0 Å². The lowest BCUT2D eigenvalue weighted by atomic mass is 9.89. The Morgan fingerprint density at radius 2 is 1.82 bits per heavy atom. The molecule has 0 radical (unpaired) electrons. The van der Waals surface area contributed by atoms with Gasteiger partial charge in [-0.05, 0) is 48.7 Å². The first kappa shape index (κ1) is 18.0. The molecule has 2 aromatic carbocycles. The van der Waals surface area contributed by atoms with Crippen LogP contribution in [0.4, 0.5) is 0 Å². The molecular formula is C22H21N3O3. The van der Waals surface area contributed by atoms with Gasteiger partial charge in [-0.3, -0.25) is 4.79 Å². The van der Waals surface area contributed by atoms with E-state index in [4.69, 9.17) is 5.11 Å². The molecule has 4 rings (SSSR count). The van der Waals surface area contributed by atoms with Crippen LogP contribution in [0.15, 0.2) is 67.0 Å². The lowest BCUT2D eigenvalue weighted by Crippen LogP contribution is -2.39. The van der Waals surface area contributed by atoms with Crippen molar-refractivity contribution in [2.75, 3.05) is 13.1 Å². The highest BCUT2D eigenvalue weighted by Crippen LogP contribution is 2.29. The van der Waals surface area contributed by atoms with Crippen LogP contribution in [0.5, 0.6) is 0 Å². The van der Waals surface area contributed by atoms with E-state index in [-0.39, 0.29) is 17.4 Å². The zero-order chi connectivity index (χ0) is 19.5. The van der Waals surface area contributed by atoms with Crippen LogP contribution in [0.1, 0.15) is 45.0 Å². The first-order chi connectivity index (χ1) is 13.6. The van der Waals surface area contributed by atoms with Crippen molar-refractivity contribution in [2.45, 2.75) is 18.8 Å². The number of hydrogen-bond donors (Lipinski definition) is 1. The van der Waals surface area contributed by atoms with Crippen molar-refractivity contribution >= 4 is 11.9 Å². The lowest BCUT2D eigenvalue weighted by molar-refractivity contribution is 0.0693. The van der Waals surface area contributed by atoms with E-state index in [1.807, 2.05) is 53.6 Å².